The van der Waals surface area contributed by atoms with Gasteiger partial charge in [-0.3, -0.25) is 0 Å². The predicted octanol–water partition coefficient (Wildman–Crippen LogP) is 0.957. The molecule has 0 rings (SSSR count). The van der Waals surface area contributed by atoms with Crippen molar-refractivity contribution in [2.45, 2.75) is 19.6 Å². The molecule has 0 aromatic carbocycles. The van der Waals surface area contributed by atoms with E-state index in [1.165, 1.54) is 0 Å². The van der Waals surface area contributed by atoms with Crippen molar-refractivity contribution in [1.82, 2.24) is 0 Å². The Morgan fingerprint density at radius 3 is 1.50 bits per heavy atom. The van der Waals surface area contributed by atoms with Crippen LogP contribution in [0.5, 0.6) is 0 Å². The van der Waals surface area contributed by atoms with Crippen LogP contribution in [0, 0.1) is 0 Å². The van der Waals surface area contributed by atoms with E-state index < -0.39 is 7.94 Å². The fraction of sp³-hybridized carbons (Fsp3) is 0.750. The molecule has 0 N–H and O–H groups in total. The van der Waals surface area contributed by atoms with Gasteiger partial charge in [-0.15, -0.1) is 0 Å². The van der Waals surface area contributed by atoms with Gasteiger partial charge in [-0.05, 0) is 0 Å². The molecule has 0 aromatic rings. The number of hydrogen-bond acceptors (Lipinski definition) is 0. The van der Waals surface area contributed by atoms with Gasteiger partial charge in [-0.1, -0.05) is 0 Å². The van der Waals surface area contributed by atoms with E-state index in [0.29, 0.717) is 0 Å². The summed E-state index contributed by atoms with van der Waals surface area (Å²) in [7, 11) is -0.867. The van der Waals surface area contributed by atoms with Crippen LogP contribution in [0.1, 0.15) is 0 Å². The summed E-state index contributed by atoms with van der Waals surface area (Å²) >= 11 is 0. The molecular formula is C4H11BSi. The molecule has 0 bridgehead atoms. The van der Waals surface area contributed by atoms with E-state index in [9.17, 15) is 0 Å². The molecule has 6 heavy (non-hydrogen) atoms. The zero-order chi connectivity index (χ0) is 5.21. The van der Waals surface area contributed by atoms with Crippen molar-refractivity contribution < 1.29 is 0 Å². The molecule has 2 heteroatoms. The summed E-state index contributed by atoms with van der Waals surface area (Å²) in [6, 6.07) is 0. The number of rotatable bonds is 1. The van der Waals surface area contributed by atoms with E-state index in [1.807, 2.05) is 0 Å². The summed E-state index contributed by atoms with van der Waals surface area (Å²) in [5.41, 5.74) is 0. The van der Waals surface area contributed by atoms with Gasteiger partial charge in [0.05, 0.1) is 0 Å². The van der Waals surface area contributed by atoms with E-state index in [-0.39, 0.29) is 0 Å². The molecule has 0 aromatic heterocycles. The molecule has 0 nitrogen and oxygen atoms in total. The van der Waals surface area contributed by atoms with Crippen molar-refractivity contribution >= 4 is 20.9 Å². The molecule has 0 radical (unpaired) electrons. The van der Waals surface area contributed by atoms with Crippen LogP contribution in [0.3, 0.4) is 0 Å². The van der Waals surface area contributed by atoms with Crippen molar-refractivity contribution in [3.8, 4) is 0 Å². The molecule has 0 saturated heterocycles. The monoisotopic (exact) mass is 98.1 g/mol. The molecule has 0 aliphatic heterocycles. The third-order valence-corrected chi connectivity index (χ3v) is 1.84. The van der Waals surface area contributed by atoms with Gasteiger partial charge in [0.2, 0.25) is 0 Å². The summed E-state index contributed by atoms with van der Waals surface area (Å²) in [5, 5.41) is 0. The number of hydrogen-bond donors (Lipinski definition) is 0. The molecule has 0 aliphatic rings. The Morgan fingerprint density at radius 1 is 1.33 bits per heavy atom. The maximum absolute atomic E-state index is 3.69. The zero-order valence-electron chi connectivity index (χ0n) is 4.78. The fourth-order valence-electron chi connectivity index (χ4n) is 0. The first-order valence-corrected chi connectivity index (χ1v) is 5.77. The van der Waals surface area contributed by atoms with Crippen LogP contribution in [0.25, 0.3) is 0 Å². The molecule has 0 saturated carbocycles. The van der Waals surface area contributed by atoms with Crippen molar-refractivity contribution in [1.29, 1.82) is 0 Å². The molecule has 0 atom stereocenters. The Balaban J connectivity index is 3.45. The second-order valence-corrected chi connectivity index (χ2v) is 7.71. The topological polar surface area (TPSA) is 0 Å². The Kier molecular flexibility index (Phi) is 1.78. The van der Waals surface area contributed by atoms with Gasteiger partial charge in [0.25, 0.3) is 0 Å². The van der Waals surface area contributed by atoms with E-state index in [4.69, 9.17) is 0 Å². The van der Waals surface area contributed by atoms with Gasteiger partial charge in [-0.2, -0.15) is 0 Å². The average Bonchev–Trinajstić information content (AvgIpc) is 1.35. The first-order valence-electron chi connectivity index (χ1n) is 2.20. The molecule has 0 amide bonds. The van der Waals surface area contributed by atoms with E-state index >= 15 is 0 Å². The molecule has 34 valence electrons. The quantitative estimate of drug-likeness (QED) is 0.428. The van der Waals surface area contributed by atoms with Crippen LogP contribution in [-0.2, 0) is 0 Å². The van der Waals surface area contributed by atoms with E-state index in [0.717, 1.165) is 0 Å². The van der Waals surface area contributed by atoms with Gasteiger partial charge in [0.15, 0.2) is 0 Å². The van der Waals surface area contributed by atoms with Crippen LogP contribution >= 0.6 is 0 Å². The van der Waals surface area contributed by atoms with Gasteiger partial charge in [-0.25, -0.2) is 0 Å². The summed E-state index contributed by atoms with van der Waals surface area (Å²) in [4.78, 5) is 0. The van der Waals surface area contributed by atoms with Crippen molar-refractivity contribution in [2.24, 2.45) is 0 Å². The first-order chi connectivity index (χ1) is 2.56. The zero-order valence-corrected chi connectivity index (χ0v) is 5.78. The van der Waals surface area contributed by atoms with Crippen molar-refractivity contribution in [3.63, 3.8) is 0 Å². The Bertz CT molecular complexity index is 53.1. The predicted molar refractivity (Wildman–Crippen MR) is 36.2 cm³/mol. The summed E-state index contributed by atoms with van der Waals surface area (Å²) < 4.78 is 0. The molecule has 0 heterocycles. The third kappa shape index (κ3) is 4.15. The normalized spacial score (nSPS) is 10.5. The molecule has 0 unspecified atom stereocenters. The van der Waals surface area contributed by atoms with E-state index in [2.05, 4.69) is 32.6 Å². The minimum atomic E-state index is -0.867. The Labute approximate surface area is 41.4 Å². The SMILES string of the molecule is C=B[Si](C)(C)C. The average molecular weight is 98.0 g/mol. The molecule has 0 aliphatic carbocycles. The van der Waals surface area contributed by atoms with Gasteiger partial charge in [0, 0.05) is 0 Å². The van der Waals surface area contributed by atoms with Crippen LogP contribution < -0.4 is 0 Å². The fourth-order valence-corrected chi connectivity index (χ4v) is 0. The summed E-state index contributed by atoms with van der Waals surface area (Å²) in [6.45, 7) is 12.6. The first kappa shape index (κ1) is 6.15. The molecular weight excluding hydrogens is 86.9 g/mol. The van der Waals surface area contributed by atoms with Crippen LogP contribution in [0.4, 0.5) is 0 Å². The van der Waals surface area contributed by atoms with Gasteiger partial charge < -0.3 is 0 Å². The standard InChI is InChI=1S/C4H11BSi/c1-5-6(2,3)4/h1H2,2-4H3. The minimum absolute atomic E-state index is 0.867. The van der Waals surface area contributed by atoms with Gasteiger partial charge >= 0.3 is 40.6 Å². The second-order valence-electron chi connectivity index (χ2n) is 2.57. The maximum atomic E-state index is 3.69. The van der Waals surface area contributed by atoms with Crippen molar-refractivity contribution in [3.05, 3.63) is 0 Å². The van der Waals surface area contributed by atoms with Crippen LogP contribution in [0.2, 0.25) is 19.6 Å². The molecule has 0 fully saturated rings. The van der Waals surface area contributed by atoms with Crippen LogP contribution in [0.15, 0.2) is 0 Å². The Hall–Kier alpha value is 0.152. The summed E-state index contributed by atoms with van der Waals surface area (Å²) in [6.07, 6.45) is 0. The Morgan fingerprint density at radius 2 is 1.50 bits per heavy atom. The van der Waals surface area contributed by atoms with Gasteiger partial charge in [0.1, 0.15) is 0 Å². The van der Waals surface area contributed by atoms with E-state index in [1.54, 1.807) is 0 Å². The molecule has 0 spiro atoms. The summed E-state index contributed by atoms with van der Waals surface area (Å²) in [5.74, 6) is 0. The van der Waals surface area contributed by atoms with Crippen LogP contribution in [-0.4, -0.2) is 20.9 Å². The second kappa shape index (κ2) is 1.74. The van der Waals surface area contributed by atoms with Crippen molar-refractivity contribution in [2.75, 3.05) is 0 Å². The third-order valence-electron chi connectivity index (χ3n) is 0.612.